The molecule has 28 nitrogen and oxygen atoms in total. The van der Waals surface area contributed by atoms with Crippen molar-refractivity contribution in [2.24, 2.45) is 17.8 Å². The van der Waals surface area contributed by atoms with Crippen LogP contribution in [0.4, 0.5) is 0 Å². The SMILES string of the molecule is COC(=O)C1C2C[C@@H](OC3O[C@H](C)[C@@H](O)[C@H](NC[C@@]4(O)OC[C@@H](O)[C@@H](OC5O[C@H](CO)[C@H](O)[C@H](O)[C@H]5O)[C@@H]4O)[C@@H]3O)C=CC=CC=CC=CC=CC=CC=C[C@H](C)[C@@H](O)[C@@H](C)[C@H](C)OC(=O)C[C@H](O)C[C@H](O)CC[C@@H](O)[C@H](O)C[C@H](O)C[C@](O)(C[C@@H]1O)O2. The molecule has 88 heavy (non-hydrogen) atoms. The maximum atomic E-state index is 13.4. The highest BCUT2D eigenvalue weighted by Crippen LogP contribution is 2.39. The normalized spacial score (nSPS) is 44.7. The molecule has 5 heterocycles. The molecule has 0 aliphatic carbocycles. The van der Waals surface area contributed by atoms with Crippen molar-refractivity contribution >= 4 is 11.9 Å². The number of carbonyl (C=O) groups is 2. The molecule has 0 aromatic carbocycles. The molecule has 5 aliphatic rings. The van der Waals surface area contributed by atoms with Crippen LogP contribution in [0.25, 0.3) is 0 Å². The van der Waals surface area contributed by atoms with Gasteiger partial charge in [0.2, 0.25) is 5.79 Å². The molecule has 4 fully saturated rings. The third-order valence-corrected chi connectivity index (χ3v) is 16.5. The van der Waals surface area contributed by atoms with Crippen molar-refractivity contribution in [2.45, 2.75) is 231 Å². The van der Waals surface area contributed by atoms with Gasteiger partial charge in [0.1, 0.15) is 60.9 Å². The number of nitrogens with one attached hydrogen (secondary N) is 1. The number of fused-ring (bicyclic) bond motifs is 2. The molecule has 5 aliphatic heterocycles. The largest absolute Gasteiger partial charge is 0.469 e. The summed E-state index contributed by atoms with van der Waals surface area (Å²) >= 11 is 0. The Kier molecular flexibility index (Phi) is 30.0. The summed E-state index contributed by atoms with van der Waals surface area (Å²) in [5, 5.41) is 189. The van der Waals surface area contributed by atoms with Gasteiger partial charge in [0.05, 0.1) is 106 Å². The monoisotopic (exact) mass is 1260 g/mol. The second-order valence-corrected chi connectivity index (χ2v) is 23.5. The lowest BCUT2D eigenvalue weighted by Crippen LogP contribution is -2.70. The zero-order valence-corrected chi connectivity index (χ0v) is 50.1. The van der Waals surface area contributed by atoms with Gasteiger partial charge in [-0.05, 0) is 33.1 Å². The second-order valence-electron chi connectivity index (χ2n) is 23.5. The average Bonchev–Trinajstić information content (AvgIpc) is 1.79. The molecule has 0 saturated carbocycles. The Morgan fingerprint density at radius 1 is 0.614 bits per heavy atom. The predicted molar refractivity (Wildman–Crippen MR) is 307 cm³/mol. The van der Waals surface area contributed by atoms with Crippen LogP contribution in [-0.4, -0.2) is 278 Å². The van der Waals surface area contributed by atoms with Gasteiger partial charge in [0, 0.05) is 37.5 Å². The fourth-order valence-electron chi connectivity index (χ4n) is 11.1. The molecule has 4 saturated heterocycles. The highest BCUT2D eigenvalue weighted by atomic mass is 16.7. The number of carbonyl (C=O) groups excluding carboxylic acids is 2. The van der Waals surface area contributed by atoms with Gasteiger partial charge in [-0.1, -0.05) is 98.9 Å². The Morgan fingerprint density at radius 3 is 1.83 bits per heavy atom. The van der Waals surface area contributed by atoms with E-state index in [-0.39, 0.29) is 25.2 Å². The fraction of sp³-hybridized carbons (Fsp3) is 0.733. The topological polar surface area (TPSA) is 464 Å². The smallest absolute Gasteiger partial charge is 0.313 e. The Hall–Kier alpha value is -3.84. The molecule has 502 valence electrons. The summed E-state index contributed by atoms with van der Waals surface area (Å²) in [6, 6.07) is -1.47. The first kappa shape index (κ1) is 74.9. The zero-order chi connectivity index (χ0) is 65.2. The molecule has 18 N–H and O–H groups in total. The van der Waals surface area contributed by atoms with E-state index in [1.54, 1.807) is 86.8 Å². The van der Waals surface area contributed by atoms with E-state index in [2.05, 4.69) is 5.32 Å². The Balaban J connectivity index is 1.38. The van der Waals surface area contributed by atoms with Gasteiger partial charge in [0.15, 0.2) is 18.4 Å². The molecule has 2 bridgehead atoms. The van der Waals surface area contributed by atoms with E-state index in [1.165, 1.54) is 19.1 Å². The molecule has 0 spiro atoms. The van der Waals surface area contributed by atoms with E-state index in [0.717, 1.165) is 7.11 Å². The van der Waals surface area contributed by atoms with Crippen molar-refractivity contribution in [3.8, 4) is 0 Å². The lowest BCUT2D eigenvalue weighted by atomic mass is 9.82. The molecular formula is C60H95NO27. The summed E-state index contributed by atoms with van der Waals surface area (Å²) < 4.78 is 45.3. The van der Waals surface area contributed by atoms with Gasteiger partial charge in [-0.25, -0.2) is 0 Å². The van der Waals surface area contributed by atoms with Gasteiger partial charge in [-0.2, -0.15) is 0 Å². The van der Waals surface area contributed by atoms with Crippen molar-refractivity contribution in [3.05, 3.63) is 85.1 Å². The minimum absolute atomic E-state index is 0.155. The highest BCUT2D eigenvalue weighted by molar-refractivity contribution is 5.74. The van der Waals surface area contributed by atoms with Crippen LogP contribution >= 0.6 is 0 Å². The summed E-state index contributed by atoms with van der Waals surface area (Å²) in [5.74, 6) is -9.14. The molecule has 0 amide bonds. The van der Waals surface area contributed by atoms with Crippen molar-refractivity contribution in [3.63, 3.8) is 0 Å². The van der Waals surface area contributed by atoms with E-state index in [9.17, 15) is 96.4 Å². The summed E-state index contributed by atoms with van der Waals surface area (Å²) in [4.78, 5) is 26.1. The minimum atomic E-state index is -2.67. The Labute approximate surface area is 511 Å². The van der Waals surface area contributed by atoms with E-state index in [4.69, 9.17) is 37.9 Å². The van der Waals surface area contributed by atoms with E-state index < -0.39 is 228 Å². The van der Waals surface area contributed by atoms with E-state index in [1.807, 2.05) is 6.92 Å². The third kappa shape index (κ3) is 21.4. The molecule has 4 unspecified atom stereocenters. The summed E-state index contributed by atoms with van der Waals surface area (Å²) in [5.41, 5.74) is 0. The maximum absolute atomic E-state index is 13.4. The predicted octanol–water partition coefficient (Wildman–Crippen LogP) is -3.94. The zero-order valence-electron chi connectivity index (χ0n) is 50.1. The number of methoxy groups -OCH3 is 1. The number of ether oxygens (including phenoxy) is 8. The third-order valence-electron chi connectivity index (χ3n) is 16.5. The van der Waals surface area contributed by atoms with Crippen molar-refractivity contribution in [2.75, 3.05) is 26.9 Å². The molecule has 0 aromatic rings. The Morgan fingerprint density at radius 2 is 1.22 bits per heavy atom. The minimum Gasteiger partial charge on any atom is -0.469 e. The van der Waals surface area contributed by atoms with Crippen LogP contribution in [0.2, 0.25) is 0 Å². The maximum Gasteiger partial charge on any atom is 0.313 e. The number of aliphatic hydroxyl groups excluding tert-OH is 15. The van der Waals surface area contributed by atoms with Gasteiger partial charge in [-0.3, -0.25) is 9.59 Å². The van der Waals surface area contributed by atoms with E-state index in [0.29, 0.717) is 0 Å². The van der Waals surface area contributed by atoms with Gasteiger partial charge < -0.3 is 130 Å². The lowest BCUT2D eigenvalue weighted by molar-refractivity contribution is -0.368. The molecular weight excluding hydrogens is 1170 g/mol. The average molecular weight is 1260 g/mol. The number of cyclic esters (lactones) is 1. The quantitative estimate of drug-likeness (QED) is 0.0980. The fourth-order valence-corrected chi connectivity index (χ4v) is 11.1. The van der Waals surface area contributed by atoms with Gasteiger partial charge in [-0.15, -0.1) is 0 Å². The first-order chi connectivity index (χ1) is 41.5. The van der Waals surface area contributed by atoms with Crippen LogP contribution < -0.4 is 5.32 Å². The highest BCUT2D eigenvalue weighted by Gasteiger charge is 2.55. The van der Waals surface area contributed by atoms with Crippen LogP contribution in [0.5, 0.6) is 0 Å². The number of aliphatic hydroxyl groups is 17. The summed E-state index contributed by atoms with van der Waals surface area (Å²) in [6.07, 6.45) is -14.0. The Bertz CT molecular complexity index is 2340. The second kappa shape index (κ2) is 35.3. The van der Waals surface area contributed by atoms with Gasteiger partial charge >= 0.3 is 11.9 Å². The number of hydrogen-bond acceptors (Lipinski definition) is 28. The summed E-state index contributed by atoms with van der Waals surface area (Å²) in [6.45, 7) is 4.26. The van der Waals surface area contributed by atoms with Crippen LogP contribution in [0.1, 0.15) is 79.1 Å². The molecule has 5 rings (SSSR count). The van der Waals surface area contributed by atoms with Gasteiger partial charge in [0.25, 0.3) is 0 Å². The number of hydrogen-bond donors (Lipinski definition) is 18. The molecule has 28 atom stereocenters. The van der Waals surface area contributed by atoms with Crippen molar-refractivity contribution in [1.82, 2.24) is 5.32 Å². The van der Waals surface area contributed by atoms with Crippen LogP contribution in [-0.2, 0) is 47.5 Å². The number of esters is 2. The summed E-state index contributed by atoms with van der Waals surface area (Å²) in [7, 11) is 1.06. The number of allylic oxidation sites excluding steroid dienone is 12. The first-order valence-corrected chi connectivity index (χ1v) is 29.7. The number of rotatable bonds is 9. The first-order valence-electron chi connectivity index (χ1n) is 29.7. The van der Waals surface area contributed by atoms with Crippen LogP contribution in [0.15, 0.2) is 85.1 Å². The molecule has 0 radical (unpaired) electrons. The van der Waals surface area contributed by atoms with Crippen molar-refractivity contribution in [1.29, 1.82) is 0 Å². The van der Waals surface area contributed by atoms with Crippen LogP contribution in [0.3, 0.4) is 0 Å². The molecule has 28 heteroatoms. The van der Waals surface area contributed by atoms with Crippen LogP contribution in [0, 0.1) is 17.8 Å². The standard InChI is InChI=1S/C60H95NO27/c1-31-18-16-14-12-10-8-6-7-9-11-13-15-17-19-38(85-57-51(74)47(49(72)34(4)84-57)61-30-60(80)55(77)54(42(69)29-82-60)87-58-53(76)52(75)50(73)44(28-62)86-58)25-43-46(56(78)81-5)41(68)27-59(79,88-43)26-37(65)23-40(67)39(66)21-20-35(63)22-36(64)24-45(70)83-33(3)32(2)48(31)71/h6-19,31-44,46-55,57-58,61-69,71-77,79-80H,20-30H2,1-5H3/t31-,32-,33-,34+,35+,36+,37-,38-,39+,40+,41-,42+,43?,44+,46?,47-,48+,49+,50-,51-,52-,53+,54+,55-,57?,58?,59+,60+/m0/s1. The lowest BCUT2D eigenvalue weighted by Gasteiger charge is -2.48. The molecule has 0 aromatic heterocycles. The van der Waals surface area contributed by atoms with E-state index >= 15 is 0 Å². The van der Waals surface area contributed by atoms with Crippen molar-refractivity contribution < 1.29 is 134 Å².